The number of thiophene rings is 1. The summed E-state index contributed by atoms with van der Waals surface area (Å²) in [5.41, 5.74) is 6.21. The normalized spacial score (nSPS) is 11.3. The topological polar surface area (TPSA) is 62.1 Å². The zero-order valence-electron chi connectivity index (χ0n) is 18.8. The highest BCUT2D eigenvalue weighted by Crippen LogP contribution is 2.35. The first kappa shape index (κ1) is 23.1. The number of hydrogen-bond donors (Lipinski definition) is 1. The lowest BCUT2D eigenvalue weighted by atomic mass is 9.97. The van der Waals surface area contributed by atoms with Gasteiger partial charge < -0.3 is 10.1 Å². The quantitative estimate of drug-likeness (QED) is 0.428. The fourth-order valence-electron chi connectivity index (χ4n) is 3.49. The lowest BCUT2D eigenvalue weighted by Crippen LogP contribution is -2.22. The van der Waals surface area contributed by atoms with E-state index < -0.39 is 0 Å². The maximum atomic E-state index is 13.1. The Hall–Kier alpha value is -3.62. The molecule has 0 radical (unpaired) electrons. The van der Waals surface area contributed by atoms with Crippen molar-refractivity contribution in [2.45, 2.75) is 27.2 Å². The Bertz CT molecular complexity index is 1240. The van der Waals surface area contributed by atoms with E-state index in [1.807, 2.05) is 57.2 Å². The molecule has 0 saturated heterocycles. The maximum absolute atomic E-state index is 13.1. The van der Waals surface area contributed by atoms with Gasteiger partial charge in [0.05, 0.1) is 19.6 Å². The number of nitrogens with one attached hydrogen (secondary N) is 1. The Morgan fingerprint density at radius 1 is 1.22 bits per heavy atom. The highest BCUT2D eigenvalue weighted by molar-refractivity contribution is 7.13. The van der Waals surface area contributed by atoms with Crippen LogP contribution >= 0.6 is 11.3 Å². The van der Waals surface area contributed by atoms with Crippen molar-refractivity contribution < 1.29 is 9.53 Å². The number of ether oxygens (including phenoxy) is 1. The van der Waals surface area contributed by atoms with Gasteiger partial charge in [0, 0.05) is 26.6 Å². The Morgan fingerprint density at radius 3 is 2.69 bits per heavy atom. The molecule has 1 heterocycles. The van der Waals surface area contributed by atoms with Crippen molar-refractivity contribution in [2.75, 3.05) is 7.11 Å². The number of carbonyl (C=O) groups excluding carboxylic acids is 1. The fourth-order valence-corrected chi connectivity index (χ4v) is 4.44. The first-order chi connectivity index (χ1) is 15.4. The lowest BCUT2D eigenvalue weighted by Gasteiger charge is -2.15. The summed E-state index contributed by atoms with van der Waals surface area (Å²) in [5, 5.41) is 11.9. The molecule has 0 aliphatic carbocycles. The van der Waals surface area contributed by atoms with Gasteiger partial charge in [-0.05, 0) is 73.4 Å². The van der Waals surface area contributed by atoms with E-state index in [-0.39, 0.29) is 5.91 Å². The van der Waals surface area contributed by atoms with Gasteiger partial charge >= 0.3 is 0 Å². The standard InChI is InChI=1S/C27H26N2O2S/c1-6-24(19(4)25-13-11-22(32-25)14-15-28)29-27(30)21-9-7-8-20(16-21)23-12-10-17(2)18(3)26(23)31-5/h6-13,16H,1,14H2,2-5H3,(H,29,30)/b24-19-. The number of benzene rings is 2. The molecule has 0 aliphatic rings. The van der Waals surface area contributed by atoms with Crippen LogP contribution in [0.25, 0.3) is 16.7 Å². The van der Waals surface area contributed by atoms with Gasteiger partial charge in [0.1, 0.15) is 5.75 Å². The van der Waals surface area contributed by atoms with Gasteiger partial charge in [-0.3, -0.25) is 4.79 Å². The smallest absolute Gasteiger partial charge is 0.255 e. The minimum Gasteiger partial charge on any atom is -0.496 e. The molecule has 0 unspecified atom stereocenters. The van der Waals surface area contributed by atoms with Gasteiger partial charge in [-0.2, -0.15) is 5.26 Å². The second kappa shape index (κ2) is 10.1. The van der Waals surface area contributed by atoms with Gasteiger partial charge in [-0.25, -0.2) is 0 Å². The predicted molar refractivity (Wildman–Crippen MR) is 132 cm³/mol. The van der Waals surface area contributed by atoms with Crippen molar-refractivity contribution in [2.24, 2.45) is 0 Å². The Labute approximate surface area is 193 Å². The molecule has 3 rings (SSSR count). The highest BCUT2D eigenvalue weighted by atomic mass is 32.1. The van der Waals surface area contributed by atoms with E-state index in [1.54, 1.807) is 30.6 Å². The lowest BCUT2D eigenvalue weighted by molar-refractivity contribution is 0.0967. The zero-order chi connectivity index (χ0) is 23.3. The molecule has 0 fully saturated rings. The van der Waals surface area contributed by atoms with Crippen LogP contribution in [0.2, 0.25) is 0 Å². The van der Waals surface area contributed by atoms with Crippen molar-refractivity contribution in [1.29, 1.82) is 5.26 Å². The maximum Gasteiger partial charge on any atom is 0.255 e. The summed E-state index contributed by atoms with van der Waals surface area (Å²) in [6.07, 6.45) is 2.02. The molecule has 0 aliphatic heterocycles. The first-order valence-electron chi connectivity index (χ1n) is 10.2. The molecule has 32 heavy (non-hydrogen) atoms. The number of nitriles is 1. The molecule has 0 saturated carbocycles. The van der Waals surface area contributed by atoms with Crippen LogP contribution in [0.3, 0.4) is 0 Å². The third-order valence-electron chi connectivity index (χ3n) is 5.46. The predicted octanol–water partition coefficient (Wildman–Crippen LogP) is 6.45. The molecule has 1 N–H and O–H groups in total. The molecule has 0 spiro atoms. The molecule has 4 nitrogen and oxygen atoms in total. The van der Waals surface area contributed by atoms with Crippen LogP contribution in [0.5, 0.6) is 5.75 Å². The summed E-state index contributed by atoms with van der Waals surface area (Å²) in [4.78, 5) is 15.0. The van der Waals surface area contributed by atoms with Crippen LogP contribution in [-0.2, 0) is 6.42 Å². The van der Waals surface area contributed by atoms with E-state index in [2.05, 4.69) is 24.0 Å². The van der Waals surface area contributed by atoms with Gasteiger partial charge in [0.25, 0.3) is 5.91 Å². The second-order valence-corrected chi connectivity index (χ2v) is 8.64. The van der Waals surface area contributed by atoms with Crippen LogP contribution in [0.4, 0.5) is 0 Å². The van der Waals surface area contributed by atoms with E-state index in [4.69, 9.17) is 10.00 Å². The van der Waals surface area contributed by atoms with E-state index in [1.165, 1.54) is 0 Å². The fraction of sp³-hybridized carbons (Fsp3) is 0.185. The number of nitrogens with zero attached hydrogens (tertiary/aromatic N) is 1. The van der Waals surface area contributed by atoms with Gasteiger partial charge in [-0.15, -0.1) is 11.3 Å². The molecule has 0 atom stereocenters. The number of hydrogen-bond acceptors (Lipinski definition) is 4. The molecular formula is C27H26N2O2S. The van der Waals surface area contributed by atoms with Crippen molar-refractivity contribution in [3.63, 3.8) is 0 Å². The largest absolute Gasteiger partial charge is 0.496 e. The van der Waals surface area contributed by atoms with E-state index in [0.717, 1.165) is 43.3 Å². The molecule has 3 aromatic rings. The van der Waals surface area contributed by atoms with E-state index in [0.29, 0.717) is 17.7 Å². The third kappa shape index (κ3) is 4.82. The summed E-state index contributed by atoms with van der Waals surface area (Å²) in [5.74, 6) is 0.605. The average Bonchev–Trinajstić information content (AvgIpc) is 3.27. The molecule has 0 bridgehead atoms. The number of carbonyl (C=O) groups is 1. The van der Waals surface area contributed by atoms with Crippen LogP contribution in [0.15, 0.2) is 66.9 Å². The number of allylic oxidation sites excluding steroid dienone is 2. The minimum atomic E-state index is -0.210. The number of methoxy groups -OCH3 is 1. The van der Waals surface area contributed by atoms with Crippen molar-refractivity contribution in [3.8, 4) is 22.9 Å². The summed E-state index contributed by atoms with van der Waals surface area (Å²) in [7, 11) is 1.67. The Balaban J connectivity index is 1.91. The summed E-state index contributed by atoms with van der Waals surface area (Å²) in [6.45, 7) is 9.89. The van der Waals surface area contributed by atoms with Gasteiger partial charge in [-0.1, -0.05) is 30.8 Å². The molecule has 5 heteroatoms. The average molecular weight is 443 g/mol. The Kier molecular flexibility index (Phi) is 7.29. The van der Waals surface area contributed by atoms with E-state index >= 15 is 0 Å². The number of rotatable bonds is 7. The van der Waals surface area contributed by atoms with Crippen molar-refractivity contribution >= 4 is 22.8 Å². The van der Waals surface area contributed by atoms with Gasteiger partial charge in [0.2, 0.25) is 0 Å². The Morgan fingerprint density at radius 2 is 2.00 bits per heavy atom. The summed E-state index contributed by atoms with van der Waals surface area (Å²) in [6, 6.07) is 17.7. The molecule has 162 valence electrons. The molecule has 2 aromatic carbocycles. The zero-order valence-corrected chi connectivity index (χ0v) is 19.6. The highest BCUT2D eigenvalue weighted by Gasteiger charge is 2.14. The summed E-state index contributed by atoms with van der Waals surface area (Å²) >= 11 is 1.55. The van der Waals surface area contributed by atoms with Crippen molar-refractivity contribution in [1.82, 2.24) is 5.32 Å². The van der Waals surface area contributed by atoms with Crippen LogP contribution in [0, 0.1) is 25.2 Å². The monoisotopic (exact) mass is 442 g/mol. The number of aryl methyl sites for hydroxylation is 1. The van der Waals surface area contributed by atoms with Crippen LogP contribution < -0.4 is 10.1 Å². The minimum absolute atomic E-state index is 0.210. The van der Waals surface area contributed by atoms with Crippen LogP contribution in [-0.4, -0.2) is 13.0 Å². The molecule has 1 amide bonds. The second-order valence-electron chi connectivity index (χ2n) is 7.47. The summed E-state index contributed by atoms with van der Waals surface area (Å²) < 4.78 is 5.65. The van der Waals surface area contributed by atoms with Gasteiger partial charge in [0.15, 0.2) is 0 Å². The van der Waals surface area contributed by atoms with E-state index in [9.17, 15) is 4.79 Å². The number of amides is 1. The van der Waals surface area contributed by atoms with Crippen LogP contribution in [0.1, 0.15) is 38.2 Å². The SMILES string of the molecule is C=C/C(NC(=O)c1cccc(-c2ccc(C)c(C)c2OC)c1)=C(\C)c1ccc(CC#N)s1. The van der Waals surface area contributed by atoms with Crippen molar-refractivity contribution in [3.05, 3.63) is 93.3 Å². The molecular weight excluding hydrogens is 416 g/mol. The molecule has 1 aromatic heterocycles. The third-order valence-corrected chi connectivity index (χ3v) is 6.66. The first-order valence-corrected chi connectivity index (χ1v) is 11.1.